The van der Waals surface area contributed by atoms with Gasteiger partial charge in [-0.3, -0.25) is 34.2 Å². The number of hydrogen-bond donors (Lipinski definition) is 1. The minimum atomic E-state index is -0.535. The highest BCUT2D eigenvalue weighted by molar-refractivity contribution is 6.13. The highest BCUT2D eigenvalue weighted by Gasteiger charge is 2.23. The summed E-state index contributed by atoms with van der Waals surface area (Å²) in [5.41, 5.74) is -0.0814. The first-order valence-electron chi connectivity index (χ1n) is 9.12. The molecule has 0 bridgehead atoms. The Labute approximate surface area is 166 Å². The second-order valence-corrected chi connectivity index (χ2v) is 6.30. The number of nitrogens with one attached hydrogen (secondary N) is 1. The Bertz CT molecular complexity index is 800. The molecule has 154 valence electrons. The van der Waals surface area contributed by atoms with Gasteiger partial charge in [0, 0.05) is 50.2 Å². The molecule has 3 amide bonds. The molecule has 10 heteroatoms. The first-order chi connectivity index (χ1) is 13.9. The Morgan fingerprint density at radius 1 is 1.00 bits per heavy atom. The lowest BCUT2D eigenvalue weighted by atomic mass is 10.2. The number of nitro groups is 1. The predicted octanol–water partition coefficient (Wildman–Crippen LogP) is 1.49. The number of imide groups is 1. The van der Waals surface area contributed by atoms with Crippen LogP contribution in [0.3, 0.4) is 0 Å². The number of hydrogen-bond acceptors (Lipinski definition) is 7. The molecular weight excluding hydrogens is 382 g/mol. The number of nitrogens with zero attached hydrogens (tertiary/aromatic N) is 2. The summed E-state index contributed by atoms with van der Waals surface area (Å²) in [6.45, 7) is 0.474. The summed E-state index contributed by atoms with van der Waals surface area (Å²) in [5.74, 6) is -1.27. The summed E-state index contributed by atoms with van der Waals surface area (Å²) >= 11 is 0. The molecule has 0 unspecified atom stereocenters. The fraction of sp³-hybridized carbons (Fsp3) is 0.368. The van der Waals surface area contributed by atoms with Crippen molar-refractivity contribution in [3.05, 3.63) is 46.5 Å². The first-order valence-corrected chi connectivity index (χ1v) is 9.12. The molecule has 1 aliphatic rings. The van der Waals surface area contributed by atoms with Gasteiger partial charge in [0.15, 0.2) is 0 Å². The van der Waals surface area contributed by atoms with Crippen molar-refractivity contribution < 1.29 is 28.8 Å². The van der Waals surface area contributed by atoms with E-state index in [4.69, 9.17) is 4.74 Å². The quantitative estimate of drug-likeness (QED) is 0.148. The van der Waals surface area contributed by atoms with Crippen LogP contribution in [0.15, 0.2) is 36.4 Å². The molecule has 1 N–H and O–H groups in total. The van der Waals surface area contributed by atoms with Crippen LogP contribution in [0.2, 0.25) is 0 Å². The third-order valence-electron chi connectivity index (χ3n) is 4.12. The van der Waals surface area contributed by atoms with Crippen molar-refractivity contribution >= 4 is 29.4 Å². The van der Waals surface area contributed by atoms with E-state index in [0.29, 0.717) is 25.8 Å². The number of unbranched alkanes of at least 4 members (excludes halogenated alkanes) is 2. The minimum absolute atomic E-state index is 0.0424. The lowest BCUT2D eigenvalue weighted by molar-refractivity contribution is -0.384. The summed E-state index contributed by atoms with van der Waals surface area (Å²) in [6, 6.07) is 5.25. The molecule has 1 aromatic rings. The molecule has 2 rings (SSSR count). The zero-order chi connectivity index (χ0) is 21.2. The molecule has 1 heterocycles. The van der Waals surface area contributed by atoms with E-state index in [1.54, 1.807) is 0 Å². The van der Waals surface area contributed by atoms with Crippen LogP contribution < -0.4 is 10.1 Å². The van der Waals surface area contributed by atoms with E-state index in [9.17, 15) is 29.3 Å². The zero-order valence-electron chi connectivity index (χ0n) is 15.7. The zero-order valence-corrected chi connectivity index (χ0v) is 15.7. The third kappa shape index (κ3) is 7.17. The molecule has 10 nitrogen and oxygen atoms in total. The summed E-state index contributed by atoms with van der Waals surface area (Å²) < 4.78 is 5.10. The topological polar surface area (TPSA) is 136 Å². The molecule has 0 radical (unpaired) electrons. The van der Waals surface area contributed by atoms with Crippen LogP contribution in [0.5, 0.6) is 5.75 Å². The van der Waals surface area contributed by atoms with E-state index in [1.807, 2.05) is 0 Å². The van der Waals surface area contributed by atoms with Gasteiger partial charge >= 0.3 is 5.97 Å². The van der Waals surface area contributed by atoms with Gasteiger partial charge < -0.3 is 10.1 Å². The molecule has 0 saturated heterocycles. The average molecular weight is 403 g/mol. The Kier molecular flexibility index (Phi) is 8.01. The van der Waals surface area contributed by atoms with Gasteiger partial charge in [0.05, 0.1) is 4.92 Å². The maximum atomic E-state index is 11.7. The SMILES string of the molecule is O=C(CCN1C(=O)C=CC1=O)NCCCCCC(=O)Oc1ccc([N+](=O)[O-])cc1. The molecule has 0 aromatic heterocycles. The van der Waals surface area contributed by atoms with Crippen LogP contribution in [-0.2, 0) is 19.2 Å². The lowest BCUT2D eigenvalue weighted by Gasteiger charge is -2.13. The Balaban J connectivity index is 1.52. The number of carbonyl (C=O) groups excluding carboxylic acids is 4. The lowest BCUT2D eigenvalue weighted by Crippen LogP contribution is -2.34. The molecule has 0 aliphatic carbocycles. The Morgan fingerprint density at radius 3 is 2.28 bits per heavy atom. The molecule has 0 spiro atoms. The van der Waals surface area contributed by atoms with Gasteiger partial charge in [0.25, 0.3) is 17.5 Å². The number of nitro benzene ring substituents is 1. The van der Waals surface area contributed by atoms with E-state index in [2.05, 4.69) is 5.32 Å². The van der Waals surface area contributed by atoms with Crippen molar-refractivity contribution in [1.82, 2.24) is 10.2 Å². The molecule has 1 aliphatic heterocycles. The maximum Gasteiger partial charge on any atom is 0.311 e. The van der Waals surface area contributed by atoms with Crippen LogP contribution in [0, 0.1) is 10.1 Å². The first kappa shape index (κ1) is 21.7. The van der Waals surface area contributed by atoms with Crippen molar-refractivity contribution in [2.24, 2.45) is 0 Å². The number of ether oxygens (including phenoxy) is 1. The van der Waals surface area contributed by atoms with Gasteiger partial charge in [-0.15, -0.1) is 0 Å². The normalized spacial score (nSPS) is 12.9. The van der Waals surface area contributed by atoms with Crippen LogP contribution in [0.1, 0.15) is 32.1 Å². The number of carbonyl (C=O) groups is 4. The van der Waals surface area contributed by atoms with Crippen molar-refractivity contribution in [1.29, 1.82) is 0 Å². The van der Waals surface area contributed by atoms with Crippen LogP contribution in [-0.4, -0.2) is 46.6 Å². The summed E-state index contributed by atoms with van der Waals surface area (Å²) in [4.78, 5) is 57.2. The number of non-ortho nitro benzene ring substituents is 1. The van der Waals surface area contributed by atoms with Gasteiger partial charge in [-0.2, -0.15) is 0 Å². The smallest absolute Gasteiger partial charge is 0.311 e. The average Bonchev–Trinajstić information content (AvgIpc) is 3.01. The monoisotopic (exact) mass is 403 g/mol. The van der Waals surface area contributed by atoms with Crippen molar-refractivity contribution in [2.75, 3.05) is 13.1 Å². The molecule has 1 aromatic carbocycles. The van der Waals surface area contributed by atoms with Crippen molar-refractivity contribution in [3.63, 3.8) is 0 Å². The fourth-order valence-electron chi connectivity index (χ4n) is 2.57. The second kappa shape index (κ2) is 10.7. The molecule has 29 heavy (non-hydrogen) atoms. The van der Waals surface area contributed by atoms with Crippen molar-refractivity contribution in [3.8, 4) is 5.75 Å². The Morgan fingerprint density at radius 2 is 1.66 bits per heavy atom. The minimum Gasteiger partial charge on any atom is -0.427 e. The van der Waals surface area contributed by atoms with E-state index in [1.165, 1.54) is 36.4 Å². The predicted molar refractivity (Wildman–Crippen MR) is 101 cm³/mol. The van der Waals surface area contributed by atoms with Gasteiger partial charge in [-0.25, -0.2) is 0 Å². The number of esters is 1. The summed E-state index contributed by atoms with van der Waals surface area (Å²) in [6.07, 6.45) is 4.52. The molecule has 0 saturated carbocycles. The number of benzene rings is 1. The van der Waals surface area contributed by atoms with E-state index < -0.39 is 22.7 Å². The van der Waals surface area contributed by atoms with E-state index in [0.717, 1.165) is 4.90 Å². The van der Waals surface area contributed by atoms with E-state index >= 15 is 0 Å². The second-order valence-electron chi connectivity index (χ2n) is 6.30. The van der Waals surface area contributed by atoms with Crippen LogP contribution in [0.25, 0.3) is 0 Å². The van der Waals surface area contributed by atoms with Gasteiger partial charge in [-0.05, 0) is 25.0 Å². The standard InChI is InChI=1S/C19H21N3O7/c23-16(11-13-21-17(24)9-10-18(21)25)20-12-3-1-2-4-19(26)29-15-7-5-14(6-8-15)22(27)28/h5-10H,1-4,11-13H2,(H,20,23). The number of rotatable bonds is 11. The maximum absolute atomic E-state index is 11.7. The molecular formula is C19H21N3O7. The largest absolute Gasteiger partial charge is 0.427 e. The molecule has 0 atom stereocenters. The van der Waals surface area contributed by atoms with Gasteiger partial charge in [0.2, 0.25) is 5.91 Å². The van der Waals surface area contributed by atoms with Crippen LogP contribution in [0.4, 0.5) is 5.69 Å². The number of amides is 3. The highest BCUT2D eigenvalue weighted by atomic mass is 16.6. The van der Waals surface area contributed by atoms with Gasteiger partial charge in [-0.1, -0.05) is 6.42 Å². The summed E-state index contributed by atoms with van der Waals surface area (Å²) in [5, 5.41) is 13.3. The van der Waals surface area contributed by atoms with Crippen molar-refractivity contribution in [2.45, 2.75) is 32.1 Å². The molecule has 0 fully saturated rings. The highest BCUT2D eigenvalue weighted by Crippen LogP contribution is 2.18. The van der Waals surface area contributed by atoms with E-state index in [-0.39, 0.29) is 36.7 Å². The van der Waals surface area contributed by atoms with Crippen LogP contribution >= 0.6 is 0 Å². The third-order valence-corrected chi connectivity index (χ3v) is 4.12. The Hall–Kier alpha value is -3.56. The summed E-state index contributed by atoms with van der Waals surface area (Å²) in [7, 11) is 0. The van der Waals surface area contributed by atoms with Gasteiger partial charge in [0.1, 0.15) is 5.75 Å². The fourth-order valence-corrected chi connectivity index (χ4v) is 2.57.